The van der Waals surface area contributed by atoms with Crippen LogP contribution in [0.4, 0.5) is 0 Å². The van der Waals surface area contributed by atoms with Crippen molar-refractivity contribution in [3.8, 4) is 5.75 Å². The highest BCUT2D eigenvalue weighted by atomic mass is 32.2. The Hall–Kier alpha value is -2.38. The second-order valence-electron chi connectivity index (χ2n) is 8.39. The number of hydrogen-bond donors (Lipinski definition) is 1. The van der Waals surface area contributed by atoms with Crippen LogP contribution in [0, 0.1) is 11.8 Å². The number of methoxy groups -OCH3 is 1. The molecule has 0 aliphatic heterocycles. The number of carbonyl (C=O) groups excluding carboxylic acids is 1. The van der Waals surface area contributed by atoms with Gasteiger partial charge in [-0.1, -0.05) is 18.6 Å². The fourth-order valence-corrected chi connectivity index (χ4v) is 5.86. The van der Waals surface area contributed by atoms with Crippen LogP contribution in [0.15, 0.2) is 53.4 Å². The van der Waals surface area contributed by atoms with Gasteiger partial charge in [-0.15, -0.1) is 0 Å². The van der Waals surface area contributed by atoms with Gasteiger partial charge in [0, 0.05) is 25.2 Å². The quantitative estimate of drug-likeness (QED) is 0.733. The number of hydrogen-bond acceptors (Lipinski definition) is 4. The SMILES string of the molecule is COc1ccc(S(=O)(=O)N(C)Cc2ccc(C(=O)N[C@@H]3C[C@H]4CC[C@H]3C4)cc2)cc1. The van der Waals surface area contributed by atoms with E-state index in [0.717, 1.165) is 17.9 Å². The summed E-state index contributed by atoms with van der Waals surface area (Å²) in [6, 6.07) is 13.8. The molecule has 7 heteroatoms. The first kappa shape index (κ1) is 20.9. The Morgan fingerprint density at radius 2 is 1.77 bits per heavy atom. The van der Waals surface area contributed by atoms with Crippen molar-refractivity contribution < 1.29 is 17.9 Å². The molecule has 2 aromatic rings. The topological polar surface area (TPSA) is 75.7 Å². The van der Waals surface area contributed by atoms with E-state index in [9.17, 15) is 13.2 Å². The van der Waals surface area contributed by atoms with Gasteiger partial charge in [-0.05, 0) is 73.1 Å². The molecule has 2 saturated carbocycles. The Labute approximate surface area is 178 Å². The summed E-state index contributed by atoms with van der Waals surface area (Å²) in [5, 5.41) is 3.19. The molecule has 2 aromatic carbocycles. The molecule has 2 aliphatic carbocycles. The van der Waals surface area contributed by atoms with Crippen molar-refractivity contribution in [2.75, 3.05) is 14.2 Å². The molecule has 4 rings (SSSR count). The second-order valence-corrected chi connectivity index (χ2v) is 10.4. The number of carbonyl (C=O) groups is 1. The number of fused-ring (bicyclic) bond motifs is 2. The minimum Gasteiger partial charge on any atom is -0.497 e. The number of sulfonamides is 1. The fourth-order valence-electron chi connectivity index (χ4n) is 4.70. The molecule has 2 fully saturated rings. The third-order valence-electron chi connectivity index (χ3n) is 6.44. The molecule has 1 amide bonds. The summed E-state index contributed by atoms with van der Waals surface area (Å²) >= 11 is 0. The van der Waals surface area contributed by atoms with E-state index >= 15 is 0 Å². The standard InChI is InChI=1S/C23H28N2O4S/c1-25(30(27,28)21-11-9-20(29-2)10-12-21)15-16-3-6-18(7-4-16)23(26)24-22-14-17-5-8-19(22)13-17/h3-4,6-7,9-12,17,19,22H,5,8,13-15H2,1-2H3,(H,24,26)/t17-,19-,22+/m0/s1. The summed E-state index contributed by atoms with van der Waals surface area (Å²) in [6.07, 6.45) is 4.88. The number of benzene rings is 2. The first-order valence-corrected chi connectivity index (χ1v) is 11.8. The third-order valence-corrected chi connectivity index (χ3v) is 8.26. The molecule has 0 radical (unpaired) electrons. The molecule has 0 heterocycles. The van der Waals surface area contributed by atoms with Crippen LogP contribution in [0.3, 0.4) is 0 Å². The number of rotatable bonds is 7. The van der Waals surface area contributed by atoms with Crippen LogP contribution < -0.4 is 10.1 Å². The molecule has 1 N–H and O–H groups in total. The molecular formula is C23H28N2O4S. The van der Waals surface area contributed by atoms with Gasteiger partial charge in [0.05, 0.1) is 12.0 Å². The van der Waals surface area contributed by atoms with Gasteiger partial charge < -0.3 is 10.1 Å². The molecule has 3 atom stereocenters. The minimum atomic E-state index is -3.61. The summed E-state index contributed by atoms with van der Waals surface area (Å²) in [6.45, 7) is 0.225. The smallest absolute Gasteiger partial charge is 0.251 e. The van der Waals surface area contributed by atoms with Crippen LogP contribution in [0.5, 0.6) is 5.75 Å². The molecule has 2 aliphatic rings. The van der Waals surface area contributed by atoms with Crippen LogP contribution in [0.2, 0.25) is 0 Å². The molecule has 0 unspecified atom stereocenters. The molecule has 0 saturated heterocycles. The lowest BCUT2D eigenvalue weighted by Gasteiger charge is -2.23. The molecule has 2 bridgehead atoms. The molecule has 6 nitrogen and oxygen atoms in total. The minimum absolute atomic E-state index is 0.0432. The van der Waals surface area contributed by atoms with Crippen molar-refractivity contribution in [2.24, 2.45) is 11.8 Å². The normalized spacial score (nSPS) is 23.0. The van der Waals surface area contributed by atoms with Crippen molar-refractivity contribution in [1.82, 2.24) is 9.62 Å². The van der Waals surface area contributed by atoms with Gasteiger partial charge in [0.15, 0.2) is 0 Å². The van der Waals surface area contributed by atoms with E-state index < -0.39 is 10.0 Å². The van der Waals surface area contributed by atoms with E-state index in [4.69, 9.17) is 4.74 Å². The predicted molar refractivity (Wildman–Crippen MR) is 115 cm³/mol. The van der Waals surface area contributed by atoms with Crippen LogP contribution in [-0.2, 0) is 16.6 Å². The Morgan fingerprint density at radius 3 is 2.33 bits per heavy atom. The average molecular weight is 429 g/mol. The highest BCUT2D eigenvalue weighted by Crippen LogP contribution is 2.44. The summed E-state index contributed by atoms with van der Waals surface area (Å²) in [4.78, 5) is 12.8. The largest absolute Gasteiger partial charge is 0.497 e. The van der Waals surface area contributed by atoms with Crippen LogP contribution >= 0.6 is 0 Å². The zero-order valence-corrected chi connectivity index (χ0v) is 18.2. The van der Waals surface area contributed by atoms with Crippen molar-refractivity contribution in [3.63, 3.8) is 0 Å². The molecule has 0 aromatic heterocycles. The van der Waals surface area contributed by atoms with Crippen molar-refractivity contribution >= 4 is 15.9 Å². The summed E-state index contributed by atoms with van der Waals surface area (Å²) < 4.78 is 32.0. The maximum absolute atomic E-state index is 12.8. The summed E-state index contributed by atoms with van der Waals surface area (Å²) in [5.74, 6) is 1.98. The van der Waals surface area contributed by atoms with E-state index in [1.54, 1.807) is 31.3 Å². The zero-order chi connectivity index (χ0) is 21.3. The van der Waals surface area contributed by atoms with Gasteiger partial charge in [-0.2, -0.15) is 4.31 Å². The first-order chi connectivity index (χ1) is 14.4. The van der Waals surface area contributed by atoms with E-state index in [1.807, 2.05) is 12.1 Å². The average Bonchev–Trinajstić information content (AvgIpc) is 3.37. The number of nitrogens with one attached hydrogen (secondary N) is 1. The number of amides is 1. The van der Waals surface area contributed by atoms with E-state index in [2.05, 4.69) is 5.32 Å². The Bertz CT molecular complexity index is 1000. The maximum atomic E-state index is 12.8. The molecule has 30 heavy (non-hydrogen) atoms. The van der Waals surface area contributed by atoms with E-state index in [0.29, 0.717) is 23.3 Å². The van der Waals surface area contributed by atoms with Crippen molar-refractivity contribution in [2.45, 2.75) is 43.2 Å². The highest BCUT2D eigenvalue weighted by Gasteiger charge is 2.40. The second kappa shape index (κ2) is 8.40. The predicted octanol–water partition coefficient (Wildman–Crippen LogP) is 3.43. The van der Waals surface area contributed by atoms with Gasteiger partial charge >= 0.3 is 0 Å². The van der Waals surface area contributed by atoms with Crippen LogP contribution in [-0.4, -0.2) is 38.8 Å². The number of nitrogens with zero attached hydrogens (tertiary/aromatic N) is 1. The van der Waals surface area contributed by atoms with Crippen LogP contribution in [0.25, 0.3) is 0 Å². The lowest BCUT2D eigenvalue weighted by atomic mass is 9.95. The van der Waals surface area contributed by atoms with Crippen molar-refractivity contribution in [3.05, 3.63) is 59.7 Å². The van der Waals surface area contributed by atoms with Gasteiger partial charge in [-0.25, -0.2) is 8.42 Å². The first-order valence-electron chi connectivity index (χ1n) is 10.4. The fraction of sp³-hybridized carbons (Fsp3) is 0.435. The van der Waals surface area contributed by atoms with Gasteiger partial charge in [0.25, 0.3) is 5.91 Å². The van der Waals surface area contributed by atoms with E-state index in [-0.39, 0.29) is 17.3 Å². The van der Waals surface area contributed by atoms with Gasteiger partial charge in [0.2, 0.25) is 10.0 Å². The Kier molecular flexibility index (Phi) is 5.84. The van der Waals surface area contributed by atoms with Crippen LogP contribution in [0.1, 0.15) is 41.6 Å². The monoisotopic (exact) mass is 428 g/mol. The summed E-state index contributed by atoms with van der Waals surface area (Å²) in [7, 11) is -0.521. The maximum Gasteiger partial charge on any atom is 0.251 e. The third kappa shape index (κ3) is 4.23. The summed E-state index contributed by atoms with van der Waals surface area (Å²) in [5.41, 5.74) is 1.44. The molecule has 160 valence electrons. The Balaban J connectivity index is 1.38. The Morgan fingerprint density at radius 1 is 1.07 bits per heavy atom. The highest BCUT2D eigenvalue weighted by molar-refractivity contribution is 7.89. The van der Waals surface area contributed by atoms with Gasteiger partial charge in [0.1, 0.15) is 5.75 Å². The zero-order valence-electron chi connectivity index (χ0n) is 17.4. The number of ether oxygens (including phenoxy) is 1. The van der Waals surface area contributed by atoms with E-state index in [1.165, 1.54) is 42.8 Å². The molecular weight excluding hydrogens is 400 g/mol. The molecule has 0 spiro atoms. The van der Waals surface area contributed by atoms with Gasteiger partial charge in [-0.3, -0.25) is 4.79 Å². The van der Waals surface area contributed by atoms with Crippen molar-refractivity contribution in [1.29, 1.82) is 0 Å². The lowest BCUT2D eigenvalue weighted by Crippen LogP contribution is -2.38. The lowest BCUT2D eigenvalue weighted by molar-refractivity contribution is 0.0923.